The van der Waals surface area contributed by atoms with Crippen LogP contribution in [0.25, 0.3) is 0 Å². The first kappa shape index (κ1) is 12.9. The molecular weight excluding hydrogens is 232 g/mol. The van der Waals surface area contributed by atoms with Crippen molar-refractivity contribution < 1.29 is 9.90 Å². The van der Waals surface area contributed by atoms with E-state index in [2.05, 4.69) is 5.10 Å². The molecule has 1 aromatic heterocycles. The number of nitrogens with two attached hydrogens (primary N) is 1. The van der Waals surface area contributed by atoms with Gasteiger partial charge in [0.2, 0.25) is 0 Å². The Morgan fingerprint density at radius 2 is 2.33 bits per heavy atom. The minimum absolute atomic E-state index is 0.138. The molecule has 100 valence electrons. The largest absolute Gasteiger partial charge is 0.395 e. The predicted octanol–water partition coefficient (Wildman–Crippen LogP) is 0.162. The van der Waals surface area contributed by atoms with Crippen LogP contribution in [0.15, 0.2) is 0 Å². The monoisotopic (exact) mass is 252 g/mol. The molecule has 0 bridgehead atoms. The van der Waals surface area contributed by atoms with Crippen LogP contribution < -0.4 is 5.73 Å². The molecule has 0 saturated carbocycles. The number of piperidine rings is 1. The average Bonchev–Trinajstić information content (AvgIpc) is 2.63. The second kappa shape index (κ2) is 4.97. The van der Waals surface area contributed by atoms with Crippen LogP contribution in [0.4, 0.5) is 5.69 Å². The van der Waals surface area contributed by atoms with Crippen molar-refractivity contribution in [1.82, 2.24) is 14.7 Å². The summed E-state index contributed by atoms with van der Waals surface area (Å²) in [5, 5.41) is 13.9. The maximum absolute atomic E-state index is 12.4. The van der Waals surface area contributed by atoms with Crippen molar-refractivity contribution in [1.29, 1.82) is 0 Å². The van der Waals surface area contributed by atoms with Crippen LogP contribution in [-0.2, 0) is 13.5 Å². The third-order valence-corrected chi connectivity index (χ3v) is 3.38. The average molecular weight is 252 g/mol. The Bertz CT molecular complexity index is 455. The standard InChI is InChI=1S/C12H20N4O2/c1-3-9-10(13)11(15(2)14-9)12(18)16-6-4-5-8(17)7-16/h8,17H,3-7,13H2,1-2H3/t8-/m0/s1. The van der Waals surface area contributed by atoms with Crippen molar-refractivity contribution in [3.8, 4) is 0 Å². The summed E-state index contributed by atoms with van der Waals surface area (Å²) in [6, 6.07) is 0. The minimum atomic E-state index is -0.428. The number of hydrogen-bond acceptors (Lipinski definition) is 4. The fraction of sp³-hybridized carbons (Fsp3) is 0.667. The molecule has 1 aliphatic rings. The number of amides is 1. The number of likely N-dealkylation sites (tertiary alicyclic amines) is 1. The topological polar surface area (TPSA) is 84.4 Å². The van der Waals surface area contributed by atoms with Gasteiger partial charge < -0.3 is 15.7 Å². The number of aliphatic hydroxyl groups is 1. The molecule has 0 unspecified atom stereocenters. The molecule has 2 heterocycles. The van der Waals surface area contributed by atoms with E-state index < -0.39 is 6.10 Å². The molecule has 2 rings (SSSR count). The Morgan fingerprint density at radius 1 is 1.61 bits per heavy atom. The molecule has 18 heavy (non-hydrogen) atoms. The summed E-state index contributed by atoms with van der Waals surface area (Å²) < 4.78 is 1.54. The van der Waals surface area contributed by atoms with E-state index in [4.69, 9.17) is 5.73 Å². The predicted molar refractivity (Wildman–Crippen MR) is 68.1 cm³/mol. The first-order valence-electron chi connectivity index (χ1n) is 6.33. The van der Waals surface area contributed by atoms with Gasteiger partial charge in [-0.15, -0.1) is 0 Å². The molecule has 0 aromatic carbocycles. The number of rotatable bonds is 2. The van der Waals surface area contributed by atoms with Crippen molar-refractivity contribution in [2.45, 2.75) is 32.3 Å². The molecule has 0 spiro atoms. The van der Waals surface area contributed by atoms with Gasteiger partial charge in [-0.05, 0) is 19.3 Å². The van der Waals surface area contributed by atoms with E-state index in [1.807, 2.05) is 6.92 Å². The van der Waals surface area contributed by atoms with Crippen molar-refractivity contribution in [3.05, 3.63) is 11.4 Å². The minimum Gasteiger partial charge on any atom is -0.395 e. The number of aromatic nitrogens is 2. The van der Waals surface area contributed by atoms with Gasteiger partial charge in [0.25, 0.3) is 5.91 Å². The number of carbonyl (C=O) groups excluding carboxylic acids is 1. The number of nitrogen functional groups attached to an aromatic ring is 1. The van der Waals surface area contributed by atoms with Gasteiger partial charge >= 0.3 is 0 Å². The summed E-state index contributed by atoms with van der Waals surface area (Å²) >= 11 is 0. The zero-order valence-electron chi connectivity index (χ0n) is 10.9. The summed E-state index contributed by atoms with van der Waals surface area (Å²) in [4.78, 5) is 14.0. The van der Waals surface area contributed by atoms with Crippen LogP contribution >= 0.6 is 0 Å². The van der Waals surface area contributed by atoms with Crippen molar-refractivity contribution in [3.63, 3.8) is 0 Å². The number of aryl methyl sites for hydroxylation is 2. The van der Waals surface area contributed by atoms with Crippen LogP contribution in [0, 0.1) is 0 Å². The van der Waals surface area contributed by atoms with Crippen molar-refractivity contribution >= 4 is 11.6 Å². The molecule has 6 heteroatoms. The number of nitrogens with zero attached hydrogens (tertiary/aromatic N) is 3. The van der Waals surface area contributed by atoms with E-state index in [-0.39, 0.29) is 5.91 Å². The Balaban J connectivity index is 2.25. The molecule has 6 nitrogen and oxygen atoms in total. The first-order valence-corrected chi connectivity index (χ1v) is 6.33. The van der Waals surface area contributed by atoms with E-state index in [0.717, 1.165) is 18.5 Å². The van der Waals surface area contributed by atoms with Gasteiger partial charge in [-0.1, -0.05) is 6.92 Å². The summed E-state index contributed by atoms with van der Waals surface area (Å²) in [7, 11) is 1.73. The highest BCUT2D eigenvalue weighted by molar-refractivity contribution is 5.98. The molecule has 3 N–H and O–H groups in total. The second-order valence-corrected chi connectivity index (χ2v) is 4.73. The zero-order chi connectivity index (χ0) is 13.3. The lowest BCUT2D eigenvalue weighted by Crippen LogP contribution is -2.43. The van der Waals surface area contributed by atoms with Gasteiger partial charge in [0.15, 0.2) is 0 Å². The van der Waals surface area contributed by atoms with E-state index in [0.29, 0.717) is 30.9 Å². The number of β-amino-alcohol motifs (C(OH)–C–C–N with tert-alkyl or cyclic N) is 1. The molecule has 1 fully saturated rings. The van der Waals surface area contributed by atoms with Crippen LogP contribution in [0.1, 0.15) is 35.9 Å². The van der Waals surface area contributed by atoms with Gasteiger partial charge in [0, 0.05) is 20.1 Å². The molecular formula is C12H20N4O2. The molecule has 1 saturated heterocycles. The molecule has 0 aliphatic carbocycles. The highest BCUT2D eigenvalue weighted by Gasteiger charge is 2.27. The Labute approximate surface area is 106 Å². The molecule has 1 atom stereocenters. The SMILES string of the molecule is CCc1nn(C)c(C(=O)N2CCC[C@H](O)C2)c1N. The summed E-state index contributed by atoms with van der Waals surface area (Å²) in [5.74, 6) is -0.138. The highest BCUT2D eigenvalue weighted by atomic mass is 16.3. The number of anilines is 1. The van der Waals surface area contributed by atoms with Gasteiger partial charge in [-0.25, -0.2) is 0 Å². The van der Waals surface area contributed by atoms with E-state index >= 15 is 0 Å². The molecule has 1 aliphatic heterocycles. The van der Waals surface area contributed by atoms with Crippen molar-refractivity contribution in [2.24, 2.45) is 7.05 Å². The van der Waals surface area contributed by atoms with E-state index in [9.17, 15) is 9.90 Å². The van der Waals surface area contributed by atoms with Gasteiger partial charge in [-0.2, -0.15) is 5.10 Å². The fourth-order valence-corrected chi connectivity index (χ4v) is 2.40. The van der Waals surface area contributed by atoms with Crippen LogP contribution in [0.3, 0.4) is 0 Å². The smallest absolute Gasteiger partial charge is 0.274 e. The third-order valence-electron chi connectivity index (χ3n) is 3.38. The summed E-state index contributed by atoms with van der Waals surface area (Å²) in [6.07, 6.45) is 1.86. The molecule has 1 amide bonds. The fourth-order valence-electron chi connectivity index (χ4n) is 2.40. The number of hydrogen-bond donors (Lipinski definition) is 2. The Morgan fingerprint density at radius 3 is 2.89 bits per heavy atom. The lowest BCUT2D eigenvalue weighted by Gasteiger charge is -2.30. The Hall–Kier alpha value is -1.56. The quantitative estimate of drug-likeness (QED) is 0.785. The molecule has 1 aromatic rings. The van der Waals surface area contributed by atoms with Gasteiger partial charge in [0.05, 0.1) is 17.5 Å². The number of aliphatic hydroxyl groups excluding tert-OH is 1. The van der Waals surface area contributed by atoms with Gasteiger partial charge in [0.1, 0.15) is 5.69 Å². The lowest BCUT2D eigenvalue weighted by molar-refractivity contribution is 0.0465. The van der Waals surface area contributed by atoms with Crippen LogP contribution in [-0.4, -0.2) is 44.9 Å². The first-order chi connectivity index (χ1) is 8.54. The van der Waals surface area contributed by atoms with Crippen molar-refractivity contribution in [2.75, 3.05) is 18.8 Å². The maximum atomic E-state index is 12.4. The number of carbonyl (C=O) groups is 1. The van der Waals surface area contributed by atoms with E-state index in [1.54, 1.807) is 11.9 Å². The lowest BCUT2D eigenvalue weighted by atomic mass is 10.1. The summed E-state index contributed by atoms with van der Waals surface area (Å²) in [5.41, 5.74) is 7.61. The zero-order valence-corrected chi connectivity index (χ0v) is 10.9. The van der Waals surface area contributed by atoms with Crippen LogP contribution in [0.2, 0.25) is 0 Å². The second-order valence-electron chi connectivity index (χ2n) is 4.73. The third kappa shape index (κ3) is 2.20. The molecule has 0 radical (unpaired) electrons. The Kier molecular flexibility index (Phi) is 3.56. The van der Waals surface area contributed by atoms with Crippen LogP contribution in [0.5, 0.6) is 0 Å². The van der Waals surface area contributed by atoms with E-state index in [1.165, 1.54) is 4.68 Å². The van der Waals surface area contributed by atoms with Gasteiger partial charge in [-0.3, -0.25) is 9.48 Å². The highest BCUT2D eigenvalue weighted by Crippen LogP contribution is 2.21. The summed E-state index contributed by atoms with van der Waals surface area (Å²) in [6.45, 7) is 3.00. The maximum Gasteiger partial charge on any atom is 0.274 e. The normalized spacial score (nSPS) is 20.2.